The Hall–Kier alpha value is -1.11. The van der Waals surface area contributed by atoms with Crippen molar-refractivity contribution >= 4 is 0 Å². The Morgan fingerprint density at radius 2 is 2.00 bits per heavy atom. The lowest BCUT2D eigenvalue weighted by Crippen LogP contribution is -2.13. The van der Waals surface area contributed by atoms with Gasteiger partial charge in [0.25, 0.3) is 0 Å². The van der Waals surface area contributed by atoms with Gasteiger partial charge in [0, 0.05) is 5.92 Å². The van der Waals surface area contributed by atoms with Crippen molar-refractivity contribution in [3.63, 3.8) is 0 Å². The van der Waals surface area contributed by atoms with Gasteiger partial charge in [-0.15, -0.1) is 10.2 Å². The molecule has 0 aliphatic carbocycles. The summed E-state index contributed by atoms with van der Waals surface area (Å²) >= 11 is 0. The molecule has 0 saturated carbocycles. The summed E-state index contributed by atoms with van der Waals surface area (Å²) in [6, 6.07) is 0. The van der Waals surface area contributed by atoms with E-state index in [-0.39, 0.29) is 11.8 Å². The number of alkyl halides is 3. The molecule has 1 atom stereocenters. The first-order valence-electron chi connectivity index (χ1n) is 5.18. The zero-order valence-corrected chi connectivity index (χ0v) is 8.55. The molecule has 1 N–H and O–H groups in total. The smallest absolute Gasteiger partial charge is 0.417 e. The molecule has 0 aromatic carbocycles. The highest BCUT2D eigenvalue weighted by Crippen LogP contribution is 2.31. The Labute approximate surface area is 90.2 Å². The summed E-state index contributed by atoms with van der Waals surface area (Å²) in [5.74, 6) is -1.20. The number of hydrogen-bond donors (Lipinski definition) is 1. The van der Waals surface area contributed by atoms with Crippen LogP contribution < -0.4 is 5.32 Å². The van der Waals surface area contributed by atoms with E-state index < -0.39 is 12.1 Å². The second kappa shape index (κ2) is 4.40. The number of hydrogen-bond acceptors (Lipinski definition) is 4. The Balaban J connectivity index is 2.11. The lowest BCUT2D eigenvalue weighted by Gasteiger charge is -2.07. The summed E-state index contributed by atoms with van der Waals surface area (Å²) in [5, 5.41) is 9.69. The van der Waals surface area contributed by atoms with E-state index in [2.05, 4.69) is 19.9 Å². The molecule has 16 heavy (non-hydrogen) atoms. The van der Waals surface area contributed by atoms with Crippen molar-refractivity contribution in [3.8, 4) is 0 Å². The van der Waals surface area contributed by atoms with Crippen LogP contribution in [0.15, 0.2) is 4.42 Å². The average molecular weight is 235 g/mol. The number of halogens is 3. The van der Waals surface area contributed by atoms with Crippen LogP contribution in [-0.2, 0) is 6.18 Å². The van der Waals surface area contributed by atoms with Crippen LogP contribution in [0.1, 0.15) is 37.0 Å². The highest BCUT2D eigenvalue weighted by molar-refractivity contribution is 4.94. The minimum atomic E-state index is -4.55. The van der Waals surface area contributed by atoms with Crippen molar-refractivity contribution in [3.05, 3.63) is 11.8 Å². The average Bonchev–Trinajstić information content (AvgIpc) is 2.55. The van der Waals surface area contributed by atoms with Crippen LogP contribution in [0.25, 0.3) is 0 Å². The predicted molar refractivity (Wildman–Crippen MR) is 48.8 cm³/mol. The van der Waals surface area contributed by atoms with Crippen LogP contribution >= 0.6 is 0 Å². The molecule has 0 bridgehead atoms. The Morgan fingerprint density at radius 3 is 2.69 bits per heavy atom. The van der Waals surface area contributed by atoms with Gasteiger partial charge in [-0.2, -0.15) is 13.2 Å². The third kappa shape index (κ3) is 2.52. The van der Waals surface area contributed by atoms with E-state index in [4.69, 9.17) is 0 Å². The molecule has 4 nitrogen and oxygen atoms in total. The van der Waals surface area contributed by atoms with Crippen LogP contribution in [0.2, 0.25) is 0 Å². The summed E-state index contributed by atoms with van der Waals surface area (Å²) in [4.78, 5) is 0. The number of rotatable bonds is 1. The molecular weight excluding hydrogens is 223 g/mol. The van der Waals surface area contributed by atoms with Crippen LogP contribution in [0.5, 0.6) is 0 Å². The van der Waals surface area contributed by atoms with Gasteiger partial charge in [-0.25, -0.2) is 0 Å². The third-order valence-corrected chi connectivity index (χ3v) is 2.61. The van der Waals surface area contributed by atoms with Crippen LogP contribution in [-0.4, -0.2) is 23.3 Å². The SMILES string of the molecule is FC(F)(F)c1nnc(C2CCCNCC2)o1. The van der Waals surface area contributed by atoms with Gasteiger partial charge in [-0.05, 0) is 32.4 Å². The predicted octanol–water partition coefficient (Wildman–Crippen LogP) is 1.95. The first-order valence-corrected chi connectivity index (χ1v) is 5.18. The standard InChI is InChI=1S/C9H12F3N3O/c10-9(11,12)8-15-14-7(16-8)6-2-1-4-13-5-3-6/h6,13H,1-5H2. The van der Waals surface area contributed by atoms with Crippen molar-refractivity contribution in [1.29, 1.82) is 0 Å². The molecule has 1 aromatic heterocycles. The van der Waals surface area contributed by atoms with Crippen LogP contribution in [0.4, 0.5) is 13.2 Å². The molecular formula is C9H12F3N3O. The van der Waals surface area contributed by atoms with Crippen molar-refractivity contribution < 1.29 is 17.6 Å². The molecule has 1 aromatic rings. The van der Waals surface area contributed by atoms with Crippen LogP contribution in [0.3, 0.4) is 0 Å². The fourth-order valence-corrected chi connectivity index (χ4v) is 1.78. The van der Waals surface area contributed by atoms with E-state index in [1.54, 1.807) is 0 Å². The van der Waals surface area contributed by atoms with Crippen molar-refractivity contribution in [2.24, 2.45) is 0 Å². The van der Waals surface area contributed by atoms with Crippen molar-refractivity contribution in [1.82, 2.24) is 15.5 Å². The molecule has 7 heteroatoms. The van der Waals surface area contributed by atoms with Gasteiger partial charge >= 0.3 is 12.1 Å². The second-order valence-electron chi connectivity index (χ2n) is 3.82. The molecule has 0 amide bonds. The largest absolute Gasteiger partial charge is 0.470 e. The van der Waals surface area contributed by atoms with E-state index in [1.807, 2.05) is 0 Å². The van der Waals surface area contributed by atoms with Gasteiger partial charge in [0.15, 0.2) is 0 Å². The first-order chi connectivity index (χ1) is 7.57. The van der Waals surface area contributed by atoms with E-state index in [0.717, 1.165) is 32.4 Å². The molecule has 0 spiro atoms. The molecule has 1 saturated heterocycles. The summed E-state index contributed by atoms with van der Waals surface area (Å²) in [5.41, 5.74) is 0. The Morgan fingerprint density at radius 1 is 1.19 bits per heavy atom. The number of aromatic nitrogens is 2. The lowest BCUT2D eigenvalue weighted by molar-refractivity contribution is -0.157. The maximum Gasteiger partial charge on any atom is 0.470 e. The maximum atomic E-state index is 12.2. The molecule has 90 valence electrons. The monoisotopic (exact) mass is 235 g/mol. The molecule has 1 unspecified atom stereocenters. The maximum absolute atomic E-state index is 12.2. The highest BCUT2D eigenvalue weighted by Gasteiger charge is 2.38. The zero-order valence-electron chi connectivity index (χ0n) is 8.55. The molecule has 2 heterocycles. The number of nitrogens with one attached hydrogen (secondary N) is 1. The quantitative estimate of drug-likeness (QED) is 0.808. The van der Waals surface area contributed by atoms with Gasteiger partial charge in [0.2, 0.25) is 5.89 Å². The molecule has 1 aliphatic heterocycles. The van der Waals surface area contributed by atoms with Gasteiger partial charge in [0.05, 0.1) is 0 Å². The molecule has 2 rings (SSSR count). The lowest BCUT2D eigenvalue weighted by atomic mass is 10.0. The van der Waals surface area contributed by atoms with Crippen molar-refractivity contribution in [2.75, 3.05) is 13.1 Å². The summed E-state index contributed by atoms with van der Waals surface area (Å²) < 4.78 is 41.4. The highest BCUT2D eigenvalue weighted by atomic mass is 19.4. The Kier molecular flexibility index (Phi) is 3.13. The minimum absolute atomic E-state index is 0.0569. The van der Waals surface area contributed by atoms with Gasteiger partial charge in [0.1, 0.15) is 0 Å². The minimum Gasteiger partial charge on any atom is -0.417 e. The fraction of sp³-hybridized carbons (Fsp3) is 0.778. The van der Waals surface area contributed by atoms with E-state index in [9.17, 15) is 13.2 Å². The van der Waals surface area contributed by atoms with Gasteiger partial charge in [-0.3, -0.25) is 0 Å². The fourth-order valence-electron chi connectivity index (χ4n) is 1.78. The topological polar surface area (TPSA) is 51.0 Å². The molecule has 1 fully saturated rings. The summed E-state index contributed by atoms with van der Waals surface area (Å²) in [6.45, 7) is 1.66. The summed E-state index contributed by atoms with van der Waals surface area (Å²) in [6.07, 6.45) is -2.12. The Bertz CT molecular complexity index is 342. The normalized spacial score (nSPS) is 23.1. The zero-order chi connectivity index (χ0) is 11.6. The van der Waals surface area contributed by atoms with E-state index in [1.165, 1.54) is 0 Å². The first kappa shape index (κ1) is 11.4. The van der Waals surface area contributed by atoms with Crippen LogP contribution in [0, 0.1) is 0 Å². The van der Waals surface area contributed by atoms with Gasteiger partial charge < -0.3 is 9.73 Å². The second-order valence-corrected chi connectivity index (χ2v) is 3.82. The molecule has 0 radical (unpaired) electrons. The number of nitrogens with zero attached hydrogens (tertiary/aromatic N) is 2. The van der Waals surface area contributed by atoms with Gasteiger partial charge in [-0.1, -0.05) is 0 Å². The van der Waals surface area contributed by atoms with E-state index >= 15 is 0 Å². The van der Waals surface area contributed by atoms with E-state index in [0.29, 0.717) is 0 Å². The third-order valence-electron chi connectivity index (χ3n) is 2.61. The van der Waals surface area contributed by atoms with Crippen molar-refractivity contribution in [2.45, 2.75) is 31.4 Å². The summed E-state index contributed by atoms with van der Waals surface area (Å²) in [7, 11) is 0. The molecule has 1 aliphatic rings.